The first-order chi connectivity index (χ1) is 7.20. The van der Waals surface area contributed by atoms with E-state index in [-0.39, 0.29) is 5.75 Å². The van der Waals surface area contributed by atoms with Crippen LogP contribution in [0.4, 0.5) is 0 Å². The topological polar surface area (TPSA) is 41.5 Å². The SMILES string of the molecule is COc1cc(CC2CNC2)cc(Br)c1O. The van der Waals surface area contributed by atoms with Crippen LogP contribution < -0.4 is 10.1 Å². The van der Waals surface area contributed by atoms with Gasteiger partial charge in [0.25, 0.3) is 0 Å². The lowest BCUT2D eigenvalue weighted by Crippen LogP contribution is -2.43. The van der Waals surface area contributed by atoms with Gasteiger partial charge in [0.2, 0.25) is 0 Å². The highest BCUT2D eigenvalue weighted by atomic mass is 79.9. The first-order valence-electron chi connectivity index (χ1n) is 4.97. The van der Waals surface area contributed by atoms with Gasteiger partial charge in [-0.25, -0.2) is 0 Å². The van der Waals surface area contributed by atoms with Crippen molar-refractivity contribution in [1.29, 1.82) is 0 Å². The molecule has 3 nitrogen and oxygen atoms in total. The van der Waals surface area contributed by atoms with Gasteiger partial charge in [-0.1, -0.05) is 0 Å². The molecule has 1 aliphatic heterocycles. The van der Waals surface area contributed by atoms with E-state index in [1.807, 2.05) is 12.1 Å². The van der Waals surface area contributed by atoms with Crippen LogP contribution in [0.5, 0.6) is 11.5 Å². The van der Waals surface area contributed by atoms with Crippen LogP contribution >= 0.6 is 15.9 Å². The average Bonchev–Trinajstić information content (AvgIpc) is 2.16. The number of benzene rings is 1. The quantitative estimate of drug-likeness (QED) is 0.883. The molecule has 15 heavy (non-hydrogen) atoms. The second kappa shape index (κ2) is 4.41. The molecule has 0 spiro atoms. The molecule has 0 radical (unpaired) electrons. The molecule has 1 saturated heterocycles. The van der Waals surface area contributed by atoms with E-state index in [4.69, 9.17) is 4.74 Å². The average molecular weight is 272 g/mol. The maximum Gasteiger partial charge on any atom is 0.172 e. The molecular formula is C11H14BrNO2. The highest BCUT2D eigenvalue weighted by Crippen LogP contribution is 2.35. The van der Waals surface area contributed by atoms with Gasteiger partial charge in [-0.05, 0) is 59.1 Å². The van der Waals surface area contributed by atoms with E-state index in [9.17, 15) is 5.11 Å². The van der Waals surface area contributed by atoms with E-state index >= 15 is 0 Å². The van der Waals surface area contributed by atoms with Crippen LogP contribution in [0.1, 0.15) is 5.56 Å². The zero-order chi connectivity index (χ0) is 10.8. The summed E-state index contributed by atoms with van der Waals surface area (Å²) in [5.74, 6) is 1.42. The normalized spacial score (nSPS) is 16.1. The molecule has 0 atom stereocenters. The van der Waals surface area contributed by atoms with Crippen molar-refractivity contribution < 1.29 is 9.84 Å². The molecule has 2 N–H and O–H groups in total. The molecule has 1 heterocycles. The molecule has 1 aromatic rings. The van der Waals surface area contributed by atoms with Gasteiger partial charge in [0.05, 0.1) is 11.6 Å². The fourth-order valence-electron chi connectivity index (χ4n) is 1.73. The Labute approximate surface area is 97.6 Å². The summed E-state index contributed by atoms with van der Waals surface area (Å²) < 4.78 is 5.80. The number of halogens is 1. The molecule has 2 rings (SSSR count). The summed E-state index contributed by atoms with van der Waals surface area (Å²) in [4.78, 5) is 0. The third-order valence-corrected chi connectivity index (χ3v) is 3.30. The minimum atomic E-state index is 0.174. The number of phenols is 1. The van der Waals surface area contributed by atoms with Crippen LogP contribution in [0, 0.1) is 5.92 Å². The Hall–Kier alpha value is -0.740. The summed E-state index contributed by atoms with van der Waals surface area (Å²) in [5, 5.41) is 12.9. The monoisotopic (exact) mass is 271 g/mol. The summed E-state index contributed by atoms with van der Waals surface area (Å²) in [7, 11) is 1.57. The molecule has 0 saturated carbocycles. The van der Waals surface area contributed by atoms with Crippen molar-refractivity contribution in [2.45, 2.75) is 6.42 Å². The Morgan fingerprint density at radius 1 is 1.53 bits per heavy atom. The van der Waals surface area contributed by atoms with E-state index in [2.05, 4.69) is 21.2 Å². The lowest BCUT2D eigenvalue weighted by molar-refractivity contribution is 0.344. The predicted molar refractivity (Wildman–Crippen MR) is 62.4 cm³/mol. The minimum Gasteiger partial charge on any atom is -0.503 e. The van der Waals surface area contributed by atoms with Crippen LogP contribution in [0.3, 0.4) is 0 Å². The number of ether oxygens (including phenoxy) is 1. The van der Waals surface area contributed by atoms with E-state index in [1.54, 1.807) is 7.11 Å². The van der Waals surface area contributed by atoms with E-state index in [0.29, 0.717) is 16.1 Å². The van der Waals surface area contributed by atoms with Crippen molar-refractivity contribution in [2.24, 2.45) is 5.92 Å². The van der Waals surface area contributed by atoms with Gasteiger partial charge in [-0.2, -0.15) is 0 Å². The fourth-order valence-corrected chi connectivity index (χ4v) is 2.22. The summed E-state index contributed by atoms with van der Waals surface area (Å²) in [5.41, 5.74) is 1.20. The molecule has 0 aromatic heterocycles. The van der Waals surface area contributed by atoms with E-state index in [1.165, 1.54) is 5.56 Å². The number of aromatic hydroxyl groups is 1. The van der Waals surface area contributed by atoms with Crippen LogP contribution in [0.25, 0.3) is 0 Å². The Bertz CT molecular complexity index is 364. The molecule has 0 amide bonds. The van der Waals surface area contributed by atoms with Gasteiger partial charge in [0.1, 0.15) is 0 Å². The largest absolute Gasteiger partial charge is 0.503 e. The highest BCUT2D eigenvalue weighted by molar-refractivity contribution is 9.10. The third kappa shape index (κ3) is 2.26. The van der Waals surface area contributed by atoms with Gasteiger partial charge < -0.3 is 15.2 Å². The zero-order valence-electron chi connectivity index (χ0n) is 8.59. The van der Waals surface area contributed by atoms with Crippen molar-refractivity contribution in [2.75, 3.05) is 20.2 Å². The maximum absolute atomic E-state index is 9.64. The second-order valence-corrected chi connectivity index (χ2v) is 4.71. The number of hydrogen-bond donors (Lipinski definition) is 2. The lowest BCUT2D eigenvalue weighted by Gasteiger charge is -2.27. The first-order valence-corrected chi connectivity index (χ1v) is 5.76. The molecule has 82 valence electrons. The summed E-state index contributed by atoms with van der Waals surface area (Å²) in [6.45, 7) is 2.17. The third-order valence-electron chi connectivity index (χ3n) is 2.70. The molecule has 0 unspecified atom stereocenters. The van der Waals surface area contributed by atoms with Crippen molar-refractivity contribution in [3.05, 3.63) is 22.2 Å². The number of nitrogens with one attached hydrogen (secondary N) is 1. The van der Waals surface area contributed by atoms with E-state index in [0.717, 1.165) is 19.5 Å². The smallest absolute Gasteiger partial charge is 0.172 e. The number of rotatable bonds is 3. The van der Waals surface area contributed by atoms with Gasteiger partial charge in [-0.3, -0.25) is 0 Å². The van der Waals surface area contributed by atoms with Gasteiger partial charge in [0, 0.05) is 0 Å². The van der Waals surface area contributed by atoms with Gasteiger partial charge >= 0.3 is 0 Å². The van der Waals surface area contributed by atoms with Gasteiger partial charge in [-0.15, -0.1) is 0 Å². The molecule has 1 aromatic carbocycles. The predicted octanol–water partition coefficient (Wildman–Crippen LogP) is 1.93. The molecule has 1 aliphatic rings. The summed E-state index contributed by atoms with van der Waals surface area (Å²) in [6.07, 6.45) is 1.03. The number of phenolic OH excluding ortho intramolecular Hbond substituents is 1. The molecule has 0 bridgehead atoms. The second-order valence-electron chi connectivity index (χ2n) is 3.86. The lowest BCUT2D eigenvalue weighted by atomic mass is 9.94. The zero-order valence-corrected chi connectivity index (χ0v) is 10.2. The van der Waals surface area contributed by atoms with Crippen LogP contribution in [0.2, 0.25) is 0 Å². The van der Waals surface area contributed by atoms with E-state index < -0.39 is 0 Å². The van der Waals surface area contributed by atoms with Crippen LogP contribution in [-0.2, 0) is 6.42 Å². The standard InChI is InChI=1S/C11H14BrNO2/c1-15-10-4-7(2-8-5-13-6-8)3-9(12)11(10)14/h3-4,8,13-14H,2,5-6H2,1H3. The van der Waals surface area contributed by atoms with Crippen molar-refractivity contribution in [3.63, 3.8) is 0 Å². The van der Waals surface area contributed by atoms with Crippen molar-refractivity contribution in [1.82, 2.24) is 5.32 Å². The summed E-state index contributed by atoms with van der Waals surface area (Å²) in [6, 6.07) is 3.86. The minimum absolute atomic E-state index is 0.174. The Morgan fingerprint density at radius 2 is 2.27 bits per heavy atom. The van der Waals surface area contributed by atoms with Crippen molar-refractivity contribution >= 4 is 15.9 Å². The maximum atomic E-state index is 9.64. The fraction of sp³-hybridized carbons (Fsp3) is 0.455. The Kier molecular flexibility index (Phi) is 3.17. The molecule has 1 fully saturated rings. The molecular weight excluding hydrogens is 258 g/mol. The molecule has 4 heteroatoms. The Balaban J connectivity index is 2.19. The summed E-state index contributed by atoms with van der Waals surface area (Å²) >= 11 is 3.32. The Morgan fingerprint density at radius 3 is 2.80 bits per heavy atom. The van der Waals surface area contributed by atoms with Crippen molar-refractivity contribution in [3.8, 4) is 11.5 Å². The highest BCUT2D eigenvalue weighted by Gasteiger charge is 2.18. The number of methoxy groups -OCH3 is 1. The first kappa shape index (κ1) is 10.8. The molecule has 0 aliphatic carbocycles. The van der Waals surface area contributed by atoms with Gasteiger partial charge in [0.15, 0.2) is 11.5 Å². The van der Waals surface area contributed by atoms with Crippen LogP contribution in [0.15, 0.2) is 16.6 Å². The van der Waals surface area contributed by atoms with Crippen LogP contribution in [-0.4, -0.2) is 25.3 Å². The number of hydrogen-bond acceptors (Lipinski definition) is 3.